The van der Waals surface area contributed by atoms with Crippen LogP contribution in [0.2, 0.25) is 0 Å². The number of hydrogen-bond donors (Lipinski definition) is 0. The lowest BCUT2D eigenvalue weighted by molar-refractivity contribution is 0.0734. The first kappa shape index (κ1) is 24.4. The lowest BCUT2D eigenvalue weighted by atomic mass is 9.84. The topological polar surface area (TPSA) is 35.5 Å². The van der Waals surface area contributed by atoms with Gasteiger partial charge in [0.05, 0.1) is 12.2 Å². The van der Waals surface area contributed by atoms with Crippen molar-refractivity contribution in [2.45, 2.75) is 96.3 Å². The summed E-state index contributed by atoms with van der Waals surface area (Å²) in [5, 5.41) is 0. The minimum Gasteiger partial charge on any atom is -0.494 e. The molecule has 0 N–H and O–H groups in total. The molecule has 3 rings (SSSR count). The van der Waals surface area contributed by atoms with Crippen molar-refractivity contribution in [1.82, 2.24) is 0 Å². The molecule has 0 saturated heterocycles. The van der Waals surface area contributed by atoms with E-state index in [0.29, 0.717) is 17.2 Å². The van der Waals surface area contributed by atoms with Gasteiger partial charge in [-0.3, -0.25) is 0 Å². The molecule has 1 fully saturated rings. The molecule has 32 heavy (non-hydrogen) atoms. The van der Waals surface area contributed by atoms with Crippen LogP contribution >= 0.6 is 0 Å². The second kappa shape index (κ2) is 14.0. The summed E-state index contributed by atoms with van der Waals surface area (Å²) in [5.74, 6) is 1.74. The number of esters is 1. The van der Waals surface area contributed by atoms with E-state index >= 15 is 0 Å². The van der Waals surface area contributed by atoms with Gasteiger partial charge in [0.2, 0.25) is 0 Å². The standard InChI is InChI=1S/C29H40O3/c1-2-3-4-5-6-7-8-12-23-31-27-19-17-26(18-20-27)29(30)32-28-21-15-25(16-22-28)24-13-10-9-11-14-24/h15-22,24H,2-14,23H2,1H3. The number of unbranched alkanes of at least 4 members (excludes halogenated alkanes) is 7. The molecule has 3 heteroatoms. The molecule has 0 aliphatic heterocycles. The van der Waals surface area contributed by atoms with Crippen molar-refractivity contribution in [2.24, 2.45) is 0 Å². The number of carbonyl (C=O) groups excluding carboxylic acids is 1. The fraction of sp³-hybridized carbons (Fsp3) is 0.552. The van der Waals surface area contributed by atoms with Gasteiger partial charge in [-0.05, 0) is 67.1 Å². The van der Waals surface area contributed by atoms with Crippen molar-refractivity contribution in [1.29, 1.82) is 0 Å². The third kappa shape index (κ3) is 8.33. The molecule has 0 amide bonds. The van der Waals surface area contributed by atoms with Crippen molar-refractivity contribution in [3.05, 3.63) is 59.7 Å². The summed E-state index contributed by atoms with van der Waals surface area (Å²) in [7, 11) is 0. The van der Waals surface area contributed by atoms with Gasteiger partial charge >= 0.3 is 5.97 Å². The zero-order valence-corrected chi connectivity index (χ0v) is 19.8. The van der Waals surface area contributed by atoms with Gasteiger partial charge in [0.15, 0.2) is 0 Å². The van der Waals surface area contributed by atoms with E-state index in [1.54, 1.807) is 12.1 Å². The number of rotatable bonds is 13. The third-order valence-electron chi connectivity index (χ3n) is 6.52. The summed E-state index contributed by atoms with van der Waals surface area (Å²) >= 11 is 0. The SMILES string of the molecule is CCCCCCCCCCOc1ccc(C(=O)Oc2ccc(C3CCCCC3)cc2)cc1. The smallest absolute Gasteiger partial charge is 0.343 e. The summed E-state index contributed by atoms with van der Waals surface area (Å²) in [6, 6.07) is 15.3. The normalized spacial score (nSPS) is 14.3. The lowest BCUT2D eigenvalue weighted by Gasteiger charge is -2.22. The van der Waals surface area contributed by atoms with E-state index < -0.39 is 0 Å². The zero-order chi connectivity index (χ0) is 22.4. The van der Waals surface area contributed by atoms with Gasteiger partial charge in [-0.25, -0.2) is 4.79 Å². The van der Waals surface area contributed by atoms with Crippen LogP contribution in [0.5, 0.6) is 11.5 Å². The van der Waals surface area contributed by atoms with E-state index in [-0.39, 0.29) is 5.97 Å². The molecule has 3 nitrogen and oxygen atoms in total. The number of hydrogen-bond acceptors (Lipinski definition) is 3. The molecule has 2 aromatic carbocycles. The lowest BCUT2D eigenvalue weighted by Crippen LogP contribution is -2.09. The Morgan fingerprint density at radius 1 is 0.750 bits per heavy atom. The van der Waals surface area contributed by atoms with Crippen LogP contribution in [0.4, 0.5) is 0 Å². The predicted molar refractivity (Wildman–Crippen MR) is 132 cm³/mol. The fourth-order valence-corrected chi connectivity index (χ4v) is 4.52. The highest BCUT2D eigenvalue weighted by atomic mass is 16.5. The van der Waals surface area contributed by atoms with Crippen molar-refractivity contribution in [3.8, 4) is 11.5 Å². The first-order chi connectivity index (χ1) is 15.8. The van der Waals surface area contributed by atoms with Crippen LogP contribution in [0.25, 0.3) is 0 Å². The van der Waals surface area contributed by atoms with Crippen LogP contribution in [-0.4, -0.2) is 12.6 Å². The van der Waals surface area contributed by atoms with E-state index in [0.717, 1.165) is 18.8 Å². The largest absolute Gasteiger partial charge is 0.494 e. The summed E-state index contributed by atoms with van der Waals surface area (Å²) in [4.78, 5) is 12.5. The van der Waals surface area contributed by atoms with Crippen LogP contribution in [0.3, 0.4) is 0 Å². The van der Waals surface area contributed by atoms with Crippen LogP contribution in [0.1, 0.15) is 112 Å². The van der Waals surface area contributed by atoms with E-state index in [2.05, 4.69) is 19.1 Å². The number of benzene rings is 2. The highest BCUT2D eigenvalue weighted by Crippen LogP contribution is 2.33. The first-order valence-electron chi connectivity index (χ1n) is 12.8. The maximum Gasteiger partial charge on any atom is 0.343 e. The van der Waals surface area contributed by atoms with Crippen molar-refractivity contribution in [2.75, 3.05) is 6.61 Å². The maximum absolute atomic E-state index is 12.5. The third-order valence-corrected chi connectivity index (χ3v) is 6.52. The molecule has 0 radical (unpaired) electrons. The average Bonchev–Trinajstić information content (AvgIpc) is 2.84. The van der Waals surface area contributed by atoms with Crippen LogP contribution in [0.15, 0.2) is 48.5 Å². The molecular formula is C29H40O3. The van der Waals surface area contributed by atoms with Gasteiger partial charge in [0.1, 0.15) is 11.5 Å². The molecule has 2 aromatic rings. The number of carbonyl (C=O) groups is 1. The highest BCUT2D eigenvalue weighted by Gasteiger charge is 2.16. The Kier molecular flexibility index (Phi) is 10.6. The van der Waals surface area contributed by atoms with Crippen LogP contribution < -0.4 is 9.47 Å². The van der Waals surface area contributed by atoms with E-state index in [9.17, 15) is 4.79 Å². The summed E-state index contributed by atoms with van der Waals surface area (Å²) in [6.45, 7) is 2.98. The first-order valence-corrected chi connectivity index (χ1v) is 12.8. The summed E-state index contributed by atoms with van der Waals surface area (Å²) in [5.41, 5.74) is 1.91. The minimum atomic E-state index is -0.329. The second-order valence-electron chi connectivity index (χ2n) is 9.14. The molecular weight excluding hydrogens is 396 g/mol. The van der Waals surface area contributed by atoms with Crippen molar-refractivity contribution >= 4 is 5.97 Å². The quantitative estimate of drug-likeness (QED) is 0.179. The van der Waals surface area contributed by atoms with E-state index in [1.807, 2.05) is 24.3 Å². The average molecular weight is 437 g/mol. The molecule has 0 unspecified atom stereocenters. The van der Waals surface area contributed by atoms with Gasteiger partial charge in [0, 0.05) is 0 Å². The maximum atomic E-state index is 12.5. The second-order valence-corrected chi connectivity index (χ2v) is 9.14. The van der Waals surface area contributed by atoms with Crippen LogP contribution in [0, 0.1) is 0 Å². The zero-order valence-electron chi connectivity index (χ0n) is 19.8. The van der Waals surface area contributed by atoms with Crippen LogP contribution in [-0.2, 0) is 0 Å². The van der Waals surface area contributed by atoms with Gasteiger partial charge in [-0.1, -0.05) is 83.3 Å². The fourth-order valence-electron chi connectivity index (χ4n) is 4.52. The van der Waals surface area contributed by atoms with Crippen molar-refractivity contribution in [3.63, 3.8) is 0 Å². The molecule has 0 bridgehead atoms. The van der Waals surface area contributed by atoms with E-state index in [4.69, 9.17) is 9.47 Å². The molecule has 1 aliphatic carbocycles. The van der Waals surface area contributed by atoms with Gasteiger partial charge in [-0.15, -0.1) is 0 Å². The Balaban J connectivity index is 1.35. The highest BCUT2D eigenvalue weighted by molar-refractivity contribution is 5.91. The molecule has 0 heterocycles. The molecule has 1 saturated carbocycles. The van der Waals surface area contributed by atoms with Crippen molar-refractivity contribution < 1.29 is 14.3 Å². The van der Waals surface area contributed by atoms with Gasteiger partial charge in [0.25, 0.3) is 0 Å². The molecule has 0 spiro atoms. The molecule has 0 atom stereocenters. The Labute approximate surface area is 194 Å². The Morgan fingerprint density at radius 2 is 1.34 bits per heavy atom. The number of ether oxygens (including phenoxy) is 2. The Bertz CT molecular complexity index is 773. The predicted octanol–water partition coefficient (Wildman–Crippen LogP) is 8.47. The molecule has 0 aromatic heterocycles. The molecule has 1 aliphatic rings. The Morgan fingerprint density at radius 3 is 2.00 bits per heavy atom. The monoisotopic (exact) mass is 436 g/mol. The summed E-state index contributed by atoms with van der Waals surface area (Å²) < 4.78 is 11.4. The Hall–Kier alpha value is -2.29. The summed E-state index contributed by atoms with van der Waals surface area (Å²) in [6.07, 6.45) is 16.8. The minimum absolute atomic E-state index is 0.329. The van der Waals surface area contributed by atoms with E-state index in [1.165, 1.54) is 82.6 Å². The van der Waals surface area contributed by atoms with Gasteiger partial charge in [-0.2, -0.15) is 0 Å². The van der Waals surface area contributed by atoms with Gasteiger partial charge < -0.3 is 9.47 Å². The molecule has 174 valence electrons.